The molecule has 2 N–H and O–H groups in total. The number of benzene rings is 1. The number of aromatic nitrogens is 1. The lowest BCUT2D eigenvalue weighted by Crippen LogP contribution is -2.21. The van der Waals surface area contributed by atoms with Crippen molar-refractivity contribution < 1.29 is 10.0 Å². The first-order valence-corrected chi connectivity index (χ1v) is 6.19. The molecule has 6 nitrogen and oxygen atoms in total. The summed E-state index contributed by atoms with van der Waals surface area (Å²) >= 11 is 0. The Morgan fingerprint density at radius 1 is 1.30 bits per heavy atom. The van der Waals surface area contributed by atoms with Crippen molar-refractivity contribution in [1.82, 2.24) is 10.3 Å². The second-order valence-corrected chi connectivity index (χ2v) is 4.36. The Morgan fingerprint density at radius 2 is 2.05 bits per heavy atom. The van der Waals surface area contributed by atoms with Gasteiger partial charge in [0.2, 0.25) is 0 Å². The lowest BCUT2D eigenvalue weighted by Gasteiger charge is -2.12. The van der Waals surface area contributed by atoms with E-state index in [0.29, 0.717) is 18.7 Å². The minimum Gasteiger partial charge on any atom is -0.387 e. The van der Waals surface area contributed by atoms with Crippen molar-refractivity contribution in [2.24, 2.45) is 0 Å². The highest BCUT2D eigenvalue weighted by Crippen LogP contribution is 2.17. The Hall–Kier alpha value is -2.31. The average Bonchev–Trinajstić information content (AvgIpc) is 2.48. The summed E-state index contributed by atoms with van der Waals surface area (Å²) in [5.74, 6) is 0. The van der Waals surface area contributed by atoms with Crippen LogP contribution in [-0.2, 0) is 6.54 Å². The zero-order valence-corrected chi connectivity index (χ0v) is 10.8. The minimum absolute atomic E-state index is 0.0178. The number of hydrogen-bond acceptors (Lipinski definition) is 5. The van der Waals surface area contributed by atoms with E-state index in [1.54, 1.807) is 24.5 Å². The molecule has 0 saturated heterocycles. The molecule has 0 radical (unpaired) electrons. The van der Waals surface area contributed by atoms with E-state index in [9.17, 15) is 15.2 Å². The van der Waals surface area contributed by atoms with Gasteiger partial charge in [-0.1, -0.05) is 6.07 Å². The largest absolute Gasteiger partial charge is 0.387 e. The molecule has 0 saturated carbocycles. The summed E-state index contributed by atoms with van der Waals surface area (Å²) in [5, 5.41) is 23.6. The summed E-state index contributed by atoms with van der Waals surface area (Å²) in [6.45, 7) is 0.977. The smallest absolute Gasteiger partial charge is 0.269 e. The van der Waals surface area contributed by atoms with E-state index in [1.165, 1.54) is 12.1 Å². The molecule has 0 amide bonds. The third-order valence-corrected chi connectivity index (χ3v) is 2.88. The summed E-state index contributed by atoms with van der Waals surface area (Å²) in [7, 11) is 0. The molecule has 0 spiro atoms. The zero-order valence-electron chi connectivity index (χ0n) is 10.8. The summed E-state index contributed by atoms with van der Waals surface area (Å²) in [6.07, 6.45) is 2.76. The average molecular weight is 273 g/mol. The SMILES string of the molecule is O=[N+]([O-])c1ccc(C(O)CNCc2cccnc2)cc1. The van der Waals surface area contributed by atoms with Crippen molar-refractivity contribution >= 4 is 5.69 Å². The van der Waals surface area contributed by atoms with E-state index < -0.39 is 11.0 Å². The van der Waals surface area contributed by atoms with E-state index in [1.807, 2.05) is 12.1 Å². The summed E-state index contributed by atoms with van der Waals surface area (Å²) in [5.41, 5.74) is 1.70. The maximum atomic E-state index is 10.5. The molecular weight excluding hydrogens is 258 g/mol. The van der Waals surface area contributed by atoms with Gasteiger partial charge >= 0.3 is 0 Å². The number of nitro benzene ring substituents is 1. The minimum atomic E-state index is -0.701. The van der Waals surface area contributed by atoms with Crippen LogP contribution in [0.4, 0.5) is 5.69 Å². The molecule has 1 heterocycles. The van der Waals surface area contributed by atoms with Gasteiger partial charge in [-0.25, -0.2) is 0 Å². The number of non-ortho nitro benzene ring substituents is 1. The van der Waals surface area contributed by atoms with Gasteiger partial charge in [-0.2, -0.15) is 0 Å². The van der Waals surface area contributed by atoms with Gasteiger partial charge in [0, 0.05) is 37.6 Å². The van der Waals surface area contributed by atoms with Gasteiger partial charge in [-0.3, -0.25) is 15.1 Å². The standard InChI is InChI=1S/C14H15N3O3/c18-14(10-16-9-11-2-1-7-15-8-11)12-3-5-13(6-4-12)17(19)20/h1-8,14,16,18H,9-10H2. The molecule has 104 valence electrons. The first kappa shape index (κ1) is 14.1. The summed E-state index contributed by atoms with van der Waals surface area (Å²) in [6, 6.07) is 9.70. The van der Waals surface area contributed by atoms with Gasteiger partial charge in [0.1, 0.15) is 0 Å². The monoisotopic (exact) mass is 273 g/mol. The second-order valence-electron chi connectivity index (χ2n) is 4.36. The fourth-order valence-electron chi connectivity index (χ4n) is 1.79. The Bertz CT molecular complexity index is 558. The Labute approximate surface area is 116 Å². The molecular formula is C14H15N3O3. The first-order valence-electron chi connectivity index (χ1n) is 6.19. The van der Waals surface area contributed by atoms with Crippen LogP contribution in [0.3, 0.4) is 0 Å². The molecule has 0 bridgehead atoms. The van der Waals surface area contributed by atoms with Crippen LogP contribution in [-0.4, -0.2) is 21.6 Å². The lowest BCUT2D eigenvalue weighted by atomic mass is 10.1. The number of nitrogens with zero attached hydrogens (tertiary/aromatic N) is 2. The van der Waals surface area contributed by atoms with E-state index in [-0.39, 0.29) is 5.69 Å². The highest BCUT2D eigenvalue weighted by Gasteiger charge is 2.10. The van der Waals surface area contributed by atoms with Crippen LogP contribution < -0.4 is 5.32 Å². The predicted octanol–water partition coefficient (Wildman–Crippen LogP) is 1.81. The summed E-state index contributed by atoms with van der Waals surface area (Å²) in [4.78, 5) is 14.1. The molecule has 0 aliphatic heterocycles. The van der Waals surface area contributed by atoms with Crippen LogP contribution in [0.25, 0.3) is 0 Å². The molecule has 1 aromatic heterocycles. The van der Waals surface area contributed by atoms with Crippen LogP contribution in [0.1, 0.15) is 17.2 Å². The van der Waals surface area contributed by atoms with Crippen molar-refractivity contribution in [3.63, 3.8) is 0 Å². The maximum Gasteiger partial charge on any atom is 0.269 e. The van der Waals surface area contributed by atoms with E-state index >= 15 is 0 Å². The van der Waals surface area contributed by atoms with Crippen molar-refractivity contribution in [2.75, 3.05) is 6.54 Å². The molecule has 2 aromatic rings. The fourth-order valence-corrected chi connectivity index (χ4v) is 1.79. The number of nitrogens with one attached hydrogen (secondary N) is 1. The Balaban J connectivity index is 1.85. The van der Waals surface area contributed by atoms with Crippen LogP contribution >= 0.6 is 0 Å². The second kappa shape index (κ2) is 6.74. The fraction of sp³-hybridized carbons (Fsp3) is 0.214. The highest BCUT2D eigenvalue weighted by atomic mass is 16.6. The van der Waals surface area contributed by atoms with Crippen molar-refractivity contribution in [1.29, 1.82) is 0 Å². The number of aliphatic hydroxyl groups excluding tert-OH is 1. The third-order valence-electron chi connectivity index (χ3n) is 2.88. The molecule has 1 aromatic carbocycles. The molecule has 6 heteroatoms. The van der Waals surface area contributed by atoms with E-state index in [0.717, 1.165) is 5.56 Å². The van der Waals surface area contributed by atoms with E-state index in [4.69, 9.17) is 0 Å². The number of hydrogen-bond donors (Lipinski definition) is 2. The number of aliphatic hydroxyl groups is 1. The van der Waals surface area contributed by atoms with Crippen molar-refractivity contribution in [3.05, 3.63) is 70.0 Å². The van der Waals surface area contributed by atoms with Gasteiger partial charge in [0.15, 0.2) is 0 Å². The Morgan fingerprint density at radius 3 is 2.65 bits per heavy atom. The first-order chi connectivity index (χ1) is 9.66. The van der Waals surface area contributed by atoms with E-state index in [2.05, 4.69) is 10.3 Å². The number of rotatable bonds is 6. The normalized spacial score (nSPS) is 12.1. The summed E-state index contributed by atoms with van der Waals surface area (Å²) < 4.78 is 0. The van der Waals surface area contributed by atoms with Crippen LogP contribution in [0.5, 0.6) is 0 Å². The maximum absolute atomic E-state index is 10.5. The van der Waals surface area contributed by atoms with Crippen LogP contribution in [0, 0.1) is 10.1 Å². The molecule has 2 rings (SSSR count). The molecule has 0 fully saturated rings. The lowest BCUT2D eigenvalue weighted by molar-refractivity contribution is -0.384. The van der Waals surface area contributed by atoms with Gasteiger partial charge < -0.3 is 10.4 Å². The van der Waals surface area contributed by atoms with Crippen molar-refractivity contribution in [2.45, 2.75) is 12.6 Å². The quantitative estimate of drug-likeness (QED) is 0.619. The van der Waals surface area contributed by atoms with Gasteiger partial charge in [-0.05, 0) is 29.3 Å². The number of pyridine rings is 1. The molecule has 0 aliphatic carbocycles. The van der Waals surface area contributed by atoms with Crippen LogP contribution in [0.2, 0.25) is 0 Å². The zero-order chi connectivity index (χ0) is 14.4. The topological polar surface area (TPSA) is 88.3 Å². The van der Waals surface area contributed by atoms with Gasteiger partial charge in [0.25, 0.3) is 5.69 Å². The third kappa shape index (κ3) is 3.84. The van der Waals surface area contributed by atoms with Gasteiger partial charge in [-0.15, -0.1) is 0 Å². The molecule has 1 unspecified atom stereocenters. The predicted molar refractivity (Wildman–Crippen MR) is 74.0 cm³/mol. The Kier molecular flexibility index (Phi) is 4.75. The molecule has 0 aliphatic rings. The molecule has 20 heavy (non-hydrogen) atoms. The van der Waals surface area contributed by atoms with Crippen molar-refractivity contribution in [3.8, 4) is 0 Å². The molecule has 1 atom stereocenters. The van der Waals surface area contributed by atoms with Gasteiger partial charge in [0.05, 0.1) is 11.0 Å². The van der Waals surface area contributed by atoms with Crippen LogP contribution in [0.15, 0.2) is 48.8 Å². The number of nitro groups is 1. The highest BCUT2D eigenvalue weighted by molar-refractivity contribution is 5.33.